The van der Waals surface area contributed by atoms with E-state index in [4.69, 9.17) is 0 Å². The van der Waals surface area contributed by atoms with Gasteiger partial charge in [0.2, 0.25) is 0 Å². The minimum atomic E-state index is -5.00. The molecule has 176 valence electrons. The molecule has 0 atom stereocenters. The summed E-state index contributed by atoms with van der Waals surface area (Å²) in [6.45, 7) is 3.44. The monoisotopic (exact) mass is 484 g/mol. The van der Waals surface area contributed by atoms with Gasteiger partial charge in [-0.1, -0.05) is 38.1 Å². The molecule has 0 saturated carbocycles. The standard InChI is InChI=1S/C23H21F5N2O2S/c1-12(2)10-15-17(22(31)32-3)18(21(24)25)30-20(23(26,27)28)19(15)33-11-14-9-8-13-6-4-5-7-16(13)29-14/h4-9,12,21H,10-11H2,1-3H3. The van der Waals surface area contributed by atoms with Crippen LogP contribution in [0.5, 0.6) is 0 Å². The van der Waals surface area contributed by atoms with E-state index in [1.54, 1.807) is 38.1 Å². The van der Waals surface area contributed by atoms with Crippen LogP contribution in [0.2, 0.25) is 0 Å². The predicted molar refractivity (Wildman–Crippen MR) is 115 cm³/mol. The molecule has 1 aromatic carbocycles. The molecule has 0 radical (unpaired) electrons. The van der Waals surface area contributed by atoms with Crippen LogP contribution in [0.15, 0.2) is 41.3 Å². The summed E-state index contributed by atoms with van der Waals surface area (Å²) in [5.41, 5.74) is -2.23. The van der Waals surface area contributed by atoms with Crippen LogP contribution in [0.25, 0.3) is 10.9 Å². The Kier molecular flexibility index (Phi) is 7.56. The number of para-hydroxylation sites is 1. The average molecular weight is 484 g/mol. The normalized spacial score (nSPS) is 12.1. The molecule has 0 aliphatic rings. The van der Waals surface area contributed by atoms with E-state index in [0.717, 1.165) is 24.3 Å². The third-order valence-corrected chi connectivity index (χ3v) is 5.95. The van der Waals surface area contributed by atoms with Crippen LogP contribution < -0.4 is 0 Å². The van der Waals surface area contributed by atoms with Crippen molar-refractivity contribution in [1.82, 2.24) is 9.97 Å². The summed E-state index contributed by atoms with van der Waals surface area (Å²) in [7, 11) is 0.986. The number of pyridine rings is 2. The molecule has 10 heteroatoms. The Labute approximate surface area is 191 Å². The topological polar surface area (TPSA) is 52.1 Å². The quantitative estimate of drug-likeness (QED) is 0.208. The molecule has 0 N–H and O–H groups in total. The number of carbonyl (C=O) groups excluding carboxylic acids is 1. The van der Waals surface area contributed by atoms with Gasteiger partial charge in [0, 0.05) is 16.0 Å². The molecule has 0 aliphatic heterocycles. The number of hydrogen-bond donors (Lipinski definition) is 0. The van der Waals surface area contributed by atoms with E-state index >= 15 is 0 Å². The number of aromatic nitrogens is 2. The largest absolute Gasteiger partial charge is 0.465 e. The second-order valence-electron chi connectivity index (χ2n) is 7.70. The molecular weight excluding hydrogens is 463 g/mol. The summed E-state index contributed by atoms with van der Waals surface area (Å²) < 4.78 is 73.7. The maximum atomic E-state index is 13.9. The lowest BCUT2D eigenvalue weighted by Gasteiger charge is -2.22. The van der Waals surface area contributed by atoms with Crippen LogP contribution in [0.1, 0.15) is 53.3 Å². The summed E-state index contributed by atoms with van der Waals surface area (Å²) in [6, 6.07) is 10.8. The summed E-state index contributed by atoms with van der Waals surface area (Å²) in [5, 5.41) is 0.874. The fourth-order valence-electron chi connectivity index (χ4n) is 3.41. The number of fused-ring (bicyclic) bond motifs is 1. The molecular formula is C23H21F5N2O2S. The van der Waals surface area contributed by atoms with Crippen molar-refractivity contribution >= 4 is 28.6 Å². The first-order valence-electron chi connectivity index (χ1n) is 10.0. The second-order valence-corrected chi connectivity index (χ2v) is 8.69. The number of hydrogen-bond acceptors (Lipinski definition) is 5. The van der Waals surface area contributed by atoms with Crippen molar-refractivity contribution in [2.24, 2.45) is 5.92 Å². The molecule has 0 unspecified atom stereocenters. The highest BCUT2D eigenvalue weighted by atomic mass is 32.2. The van der Waals surface area contributed by atoms with Crippen LogP contribution in [0.4, 0.5) is 22.0 Å². The van der Waals surface area contributed by atoms with Crippen LogP contribution in [-0.4, -0.2) is 23.0 Å². The Morgan fingerprint density at radius 2 is 1.79 bits per heavy atom. The smallest absolute Gasteiger partial charge is 0.434 e. The van der Waals surface area contributed by atoms with E-state index < -0.39 is 35.5 Å². The predicted octanol–water partition coefficient (Wildman–Crippen LogP) is 6.86. The summed E-state index contributed by atoms with van der Waals surface area (Å²) in [5.74, 6) is -1.34. The van der Waals surface area contributed by atoms with Crippen molar-refractivity contribution in [3.05, 3.63) is 64.6 Å². The van der Waals surface area contributed by atoms with Gasteiger partial charge in [-0.05, 0) is 30.0 Å². The Morgan fingerprint density at radius 1 is 1.09 bits per heavy atom. The van der Waals surface area contributed by atoms with Crippen LogP contribution in [-0.2, 0) is 23.1 Å². The lowest BCUT2D eigenvalue weighted by molar-refractivity contribution is -0.143. The average Bonchev–Trinajstić information content (AvgIpc) is 2.75. The van der Waals surface area contributed by atoms with E-state index in [1.165, 1.54) is 0 Å². The maximum absolute atomic E-state index is 13.9. The SMILES string of the molecule is COC(=O)c1c(C(F)F)nc(C(F)(F)F)c(SCc2ccc3ccccc3n2)c1CC(C)C. The zero-order valence-electron chi connectivity index (χ0n) is 18.0. The van der Waals surface area contributed by atoms with Gasteiger partial charge in [-0.25, -0.2) is 18.6 Å². The van der Waals surface area contributed by atoms with Gasteiger partial charge < -0.3 is 4.74 Å². The van der Waals surface area contributed by atoms with Crippen LogP contribution >= 0.6 is 11.8 Å². The first-order valence-corrected chi connectivity index (χ1v) is 11.0. The van der Waals surface area contributed by atoms with Gasteiger partial charge in [0.15, 0.2) is 5.69 Å². The van der Waals surface area contributed by atoms with Gasteiger partial charge in [-0.2, -0.15) is 13.2 Å². The second kappa shape index (κ2) is 10.0. The van der Waals surface area contributed by atoms with Gasteiger partial charge in [0.1, 0.15) is 5.69 Å². The fraction of sp³-hybridized carbons (Fsp3) is 0.348. The number of thioether (sulfide) groups is 1. The highest BCUT2D eigenvalue weighted by Crippen LogP contribution is 2.43. The molecule has 0 aliphatic carbocycles. The molecule has 4 nitrogen and oxygen atoms in total. The van der Waals surface area contributed by atoms with Gasteiger partial charge in [-0.3, -0.25) is 4.98 Å². The molecule has 3 rings (SSSR count). The molecule has 0 amide bonds. The zero-order valence-corrected chi connectivity index (χ0v) is 18.9. The molecule has 3 aromatic rings. The van der Waals surface area contributed by atoms with Gasteiger partial charge >= 0.3 is 12.1 Å². The number of benzene rings is 1. The fourth-order valence-corrected chi connectivity index (χ4v) is 4.52. The lowest BCUT2D eigenvalue weighted by Crippen LogP contribution is -2.21. The number of rotatable bonds is 7. The minimum Gasteiger partial charge on any atom is -0.465 e. The lowest BCUT2D eigenvalue weighted by atomic mass is 9.96. The third kappa shape index (κ3) is 5.61. The number of nitrogens with zero attached hydrogens (tertiary/aromatic N) is 2. The number of ether oxygens (including phenoxy) is 1. The highest BCUT2D eigenvalue weighted by molar-refractivity contribution is 7.98. The molecule has 0 fully saturated rings. The Morgan fingerprint density at radius 3 is 2.39 bits per heavy atom. The minimum absolute atomic E-state index is 0.0231. The summed E-state index contributed by atoms with van der Waals surface area (Å²) in [6.07, 6.45) is -8.42. The number of methoxy groups -OCH3 is 1. The van der Waals surface area contributed by atoms with E-state index in [9.17, 15) is 26.7 Å². The van der Waals surface area contributed by atoms with Gasteiger partial charge in [0.05, 0.1) is 23.9 Å². The Balaban J connectivity index is 2.17. The van der Waals surface area contributed by atoms with Crippen molar-refractivity contribution in [2.45, 2.75) is 43.5 Å². The number of esters is 1. The first-order chi connectivity index (χ1) is 15.5. The number of carbonyl (C=O) groups is 1. The highest BCUT2D eigenvalue weighted by Gasteiger charge is 2.41. The molecule has 2 aromatic heterocycles. The van der Waals surface area contributed by atoms with E-state index in [0.29, 0.717) is 11.2 Å². The maximum Gasteiger partial charge on any atom is 0.434 e. The van der Waals surface area contributed by atoms with Gasteiger partial charge in [0.25, 0.3) is 6.43 Å². The van der Waals surface area contributed by atoms with E-state index in [-0.39, 0.29) is 28.6 Å². The van der Waals surface area contributed by atoms with Crippen molar-refractivity contribution in [2.75, 3.05) is 7.11 Å². The molecule has 0 saturated heterocycles. The van der Waals surface area contributed by atoms with E-state index in [1.807, 2.05) is 12.1 Å². The van der Waals surface area contributed by atoms with Crippen molar-refractivity contribution < 1.29 is 31.5 Å². The van der Waals surface area contributed by atoms with Crippen LogP contribution in [0.3, 0.4) is 0 Å². The number of alkyl halides is 5. The summed E-state index contributed by atoms with van der Waals surface area (Å²) >= 11 is 0.769. The van der Waals surface area contributed by atoms with Crippen LogP contribution in [0, 0.1) is 5.92 Å². The molecule has 2 heterocycles. The van der Waals surface area contributed by atoms with Gasteiger partial charge in [-0.15, -0.1) is 11.8 Å². The Hall–Kier alpha value is -2.75. The molecule has 0 spiro atoms. The van der Waals surface area contributed by atoms with Crippen molar-refractivity contribution in [3.8, 4) is 0 Å². The third-order valence-electron chi connectivity index (χ3n) is 4.78. The first kappa shape index (κ1) is 24.9. The summed E-state index contributed by atoms with van der Waals surface area (Å²) in [4.78, 5) is 19.7. The molecule has 33 heavy (non-hydrogen) atoms. The van der Waals surface area contributed by atoms with E-state index in [2.05, 4.69) is 14.7 Å². The molecule has 0 bridgehead atoms. The number of halogens is 5. The van der Waals surface area contributed by atoms with Crippen molar-refractivity contribution in [3.63, 3.8) is 0 Å². The van der Waals surface area contributed by atoms with Crippen molar-refractivity contribution in [1.29, 1.82) is 0 Å². The Bertz CT molecular complexity index is 1170. The zero-order chi connectivity index (χ0) is 24.3.